The summed E-state index contributed by atoms with van der Waals surface area (Å²) in [5, 5.41) is 11.1. The average molecular weight is 377 g/mol. The van der Waals surface area contributed by atoms with Crippen LogP contribution in [0.15, 0.2) is 16.7 Å². The lowest BCUT2D eigenvalue weighted by molar-refractivity contribution is -0.486. The number of ether oxygens (including phenoxy) is 1. The predicted octanol–water partition coefficient (Wildman–Crippen LogP) is 3.35. The molecule has 0 aromatic carbocycles. The van der Waals surface area contributed by atoms with Gasteiger partial charge in [0.1, 0.15) is 17.3 Å². The standard InChI is InChI=1S/C15H24NO8P/c1-5-21-15(17)12(10-16(18)19)14(13-11(4)8-9-22-13)25(20,23-6-2)24-7-3/h8-9,12,14H,5-7,10H2,1-4H3. The summed E-state index contributed by atoms with van der Waals surface area (Å²) < 4.78 is 34.4. The third-order valence-corrected chi connectivity index (χ3v) is 5.96. The summed E-state index contributed by atoms with van der Waals surface area (Å²) in [7, 11) is -3.93. The second kappa shape index (κ2) is 9.70. The van der Waals surface area contributed by atoms with Crippen molar-refractivity contribution >= 4 is 13.6 Å². The highest BCUT2D eigenvalue weighted by molar-refractivity contribution is 7.54. The summed E-state index contributed by atoms with van der Waals surface area (Å²) in [6.45, 7) is 5.83. The zero-order valence-electron chi connectivity index (χ0n) is 14.8. The lowest BCUT2D eigenvalue weighted by Crippen LogP contribution is -2.32. The number of carbonyl (C=O) groups excluding carboxylic acids is 1. The number of nitro groups is 1. The van der Waals surface area contributed by atoms with E-state index in [1.165, 1.54) is 6.26 Å². The molecule has 1 aromatic rings. The molecule has 2 atom stereocenters. The maximum absolute atomic E-state index is 13.4. The van der Waals surface area contributed by atoms with Crippen molar-refractivity contribution in [3.05, 3.63) is 33.8 Å². The molecule has 0 fully saturated rings. The van der Waals surface area contributed by atoms with Gasteiger partial charge >= 0.3 is 13.6 Å². The van der Waals surface area contributed by atoms with E-state index in [-0.39, 0.29) is 25.6 Å². The first kappa shape index (κ1) is 21.3. The first-order valence-electron chi connectivity index (χ1n) is 8.01. The highest BCUT2D eigenvalue weighted by Crippen LogP contribution is 2.64. The fourth-order valence-electron chi connectivity index (χ4n) is 2.51. The molecule has 0 radical (unpaired) electrons. The van der Waals surface area contributed by atoms with Crippen molar-refractivity contribution in [1.82, 2.24) is 0 Å². The molecule has 9 nitrogen and oxygen atoms in total. The van der Waals surface area contributed by atoms with Crippen molar-refractivity contribution in [2.24, 2.45) is 5.92 Å². The van der Waals surface area contributed by atoms with E-state index < -0.39 is 36.6 Å². The van der Waals surface area contributed by atoms with Crippen LogP contribution in [0.25, 0.3) is 0 Å². The van der Waals surface area contributed by atoms with Crippen LogP contribution in [0.1, 0.15) is 37.8 Å². The zero-order valence-corrected chi connectivity index (χ0v) is 15.7. The maximum Gasteiger partial charge on any atom is 0.342 e. The van der Waals surface area contributed by atoms with Gasteiger partial charge < -0.3 is 18.2 Å². The molecule has 1 aromatic heterocycles. The summed E-state index contributed by atoms with van der Waals surface area (Å²) in [5.74, 6) is -2.06. The van der Waals surface area contributed by atoms with Crippen molar-refractivity contribution in [3.8, 4) is 0 Å². The van der Waals surface area contributed by atoms with E-state index in [2.05, 4.69) is 0 Å². The molecular formula is C15H24NO8P. The molecule has 10 heteroatoms. The molecule has 0 saturated carbocycles. The second-order valence-corrected chi connectivity index (χ2v) is 7.31. The van der Waals surface area contributed by atoms with Crippen LogP contribution in [0.2, 0.25) is 0 Å². The van der Waals surface area contributed by atoms with Crippen LogP contribution in [0.5, 0.6) is 0 Å². The Morgan fingerprint density at radius 2 is 1.88 bits per heavy atom. The first-order valence-corrected chi connectivity index (χ1v) is 9.63. The smallest absolute Gasteiger partial charge is 0.342 e. The minimum Gasteiger partial charge on any atom is -0.468 e. The van der Waals surface area contributed by atoms with Crippen LogP contribution in [0.4, 0.5) is 0 Å². The number of carbonyl (C=O) groups is 1. The molecule has 0 amide bonds. The van der Waals surface area contributed by atoms with Crippen molar-refractivity contribution in [2.75, 3.05) is 26.4 Å². The Hall–Kier alpha value is -1.70. The number of aryl methyl sites for hydroxylation is 1. The maximum atomic E-state index is 13.4. The Balaban J connectivity index is 3.50. The summed E-state index contributed by atoms with van der Waals surface area (Å²) in [6.07, 6.45) is 1.36. The number of esters is 1. The predicted molar refractivity (Wildman–Crippen MR) is 89.0 cm³/mol. The van der Waals surface area contributed by atoms with E-state index in [9.17, 15) is 19.5 Å². The Morgan fingerprint density at radius 1 is 1.28 bits per heavy atom. The van der Waals surface area contributed by atoms with Crippen molar-refractivity contribution < 1.29 is 32.5 Å². The Morgan fingerprint density at radius 3 is 2.28 bits per heavy atom. The molecule has 1 rings (SSSR count). The van der Waals surface area contributed by atoms with Gasteiger partial charge in [0.15, 0.2) is 0 Å². The van der Waals surface area contributed by atoms with Crippen LogP contribution in [0, 0.1) is 23.0 Å². The van der Waals surface area contributed by atoms with Gasteiger partial charge in [-0.25, -0.2) is 0 Å². The van der Waals surface area contributed by atoms with Gasteiger partial charge in [-0.05, 0) is 39.3 Å². The zero-order chi connectivity index (χ0) is 19.0. The number of furan rings is 1. The first-order chi connectivity index (χ1) is 11.8. The molecule has 0 N–H and O–H groups in total. The highest BCUT2D eigenvalue weighted by Gasteiger charge is 2.50. The van der Waals surface area contributed by atoms with Crippen molar-refractivity contribution in [2.45, 2.75) is 33.4 Å². The van der Waals surface area contributed by atoms with E-state index in [1.807, 2.05) is 0 Å². The van der Waals surface area contributed by atoms with Gasteiger partial charge in [0.25, 0.3) is 0 Å². The Labute approximate surface area is 146 Å². The third-order valence-electron chi connectivity index (χ3n) is 3.45. The van der Waals surface area contributed by atoms with E-state index >= 15 is 0 Å². The van der Waals surface area contributed by atoms with Crippen LogP contribution in [0.3, 0.4) is 0 Å². The number of hydrogen-bond acceptors (Lipinski definition) is 8. The molecular weight excluding hydrogens is 353 g/mol. The van der Waals surface area contributed by atoms with Crippen LogP contribution in [-0.4, -0.2) is 37.3 Å². The third kappa shape index (κ3) is 5.39. The fraction of sp³-hybridized carbons (Fsp3) is 0.667. The molecule has 0 aliphatic carbocycles. The normalized spacial score (nSPS) is 14.1. The van der Waals surface area contributed by atoms with Gasteiger partial charge in [-0.1, -0.05) is 0 Å². The molecule has 0 aliphatic heterocycles. The van der Waals surface area contributed by atoms with E-state index in [0.717, 1.165) is 0 Å². The number of hydrogen-bond donors (Lipinski definition) is 0. The van der Waals surface area contributed by atoms with Crippen LogP contribution in [-0.2, 0) is 23.1 Å². The van der Waals surface area contributed by atoms with Crippen molar-refractivity contribution in [3.63, 3.8) is 0 Å². The van der Waals surface area contributed by atoms with Gasteiger partial charge in [-0.15, -0.1) is 0 Å². The Kier molecular flexibility index (Phi) is 8.28. The SMILES string of the molecule is CCOC(=O)C(C[N+](=O)[O-])C(c1occc1C)P(=O)(OCC)OCC. The van der Waals surface area contributed by atoms with E-state index in [0.29, 0.717) is 5.56 Å². The van der Waals surface area contributed by atoms with Crippen LogP contribution < -0.4 is 0 Å². The molecule has 142 valence electrons. The topological polar surface area (TPSA) is 118 Å². The summed E-state index contributed by atoms with van der Waals surface area (Å²) in [5.41, 5.74) is -0.686. The fourth-order valence-corrected chi connectivity index (χ4v) is 4.83. The van der Waals surface area contributed by atoms with Gasteiger partial charge in [0, 0.05) is 4.92 Å². The largest absolute Gasteiger partial charge is 0.468 e. The average Bonchev–Trinajstić information content (AvgIpc) is 2.93. The molecule has 25 heavy (non-hydrogen) atoms. The molecule has 0 aliphatic rings. The molecule has 1 heterocycles. The number of rotatable bonds is 11. The summed E-state index contributed by atoms with van der Waals surface area (Å²) in [4.78, 5) is 22.8. The van der Waals surface area contributed by atoms with Crippen LogP contribution >= 0.6 is 7.60 Å². The lowest BCUT2D eigenvalue weighted by atomic mass is 10.0. The van der Waals surface area contributed by atoms with Gasteiger partial charge in [-0.3, -0.25) is 19.5 Å². The monoisotopic (exact) mass is 377 g/mol. The van der Waals surface area contributed by atoms with Gasteiger partial charge in [0.2, 0.25) is 6.54 Å². The summed E-state index contributed by atoms with van der Waals surface area (Å²) in [6, 6.07) is 1.61. The highest BCUT2D eigenvalue weighted by atomic mass is 31.2. The minimum absolute atomic E-state index is 0.0322. The molecule has 0 spiro atoms. The number of nitrogens with zero attached hydrogens (tertiary/aromatic N) is 1. The van der Waals surface area contributed by atoms with Gasteiger partial charge in [0.05, 0.1) is 26.1 Å². The van der Waals surface area contributed by atoms with E-state index in [1.54, 1.807) is 33.8 Å². The quantitative estimate of drug-likeness (QED) is 0.249. The molecule has 0 saturated heterocycles. The lowest BCUT2D eigenvalue weighted by Gasteiger charge is -2.28. The van der Waals surface area contributed by atoms with E-state index in [4.69, 9.17) is 18.2 Å². The summed E-state index contributed by atoms with van der Waals surface area (Å²) >= 11 is 0. The Bertz CT molecular complexity index is 619. The second-order valence-electron chi connectivity index (χ2n) is 5.16. The molecule has 2 unspecified atom stereocenters. The van der Waals surface area contributed by atoms with Gasteiger partial charge in [-0.2, -0.15) is 0 Å². The minimum atomic E-state index is -3.93. The van der Waals surface area contributed by atoms with Crippen molar-refractivity contribution in [1.29, 1.82) is 0 Å². The molecule has 0 bridgehead atoms.